The van der Waals surface area contributed by atoms with Crippen LogP contribution in [0.5, 0.6) is 0 Å². The molecule has 0 unspecified atom stereocenters. The van der Waals surface area contributed by atoms with Gasteiger partial charge in [0.2, 0.25) is 5.91 Å². The van der Waals surface area contributed by atoms with Gasteiger partial charge in [0, 0.05) is 52.2 Å². The van der Waals surface area contributed by atoms with Crippen LogP contribution in [0.25, 0.3) is 6.08 Å². The van der Waals surface area contributed by atoms with E-state index in [0.717, 1.165) is 90.5 Å². The molecule has 0 aromatic heterocycles. The standard InChI is InChI=1S/C25H40N6O/c1-27-25(28-13-5-6-14-29-16-11-23(12-17-29)24(26)32)31-20-18-30(19-21-31)15-7-10-22-8-3-2-4-9-22/h2-4,7-10,23H,5-6,11-21H2,1H3,(H2,26,32)(H,27,28)/b10-7+. The van der Waals surface area contributed by atoms with Crippen LogP contribution in [0, 0.1) is 5.92 Å². The summed E-state index contributed by atoms with van der Waals surface area (Å²) in [4.78, 5) is 23.1. The molecule has 2 aliphatic heterocycles. The monoisotopic (exact) mass is 440 g/mol. The third kappa shape index (κ3) is 7.95. The van der Waals surface area contributed by atoms with E-state index in [2.05, 4.69) is 61.4 Å². The highest BCUT2D eigenvalue weighted by Gasteiger charge is 2.22. The van der Waals surface area contributed by atoms with Gasteiger partial charge in [-0.1, -0.05) is 42.5 Å². The second kappa shape index (κ2) is 13.2. The topological polar surface area (TPSA) is 77.2 Å². The van der Waals surface area contributed by atoms with Gasteiger partial charge in [0.15, 0.2) is 5.96 Å². The minimum atomic E-state index is -0.135. The van der Waals surface area contributed by atoms with Crippen molar-refractivity contribution in [1.82, 2.24) is 20.0 Å². The first kappa shape index (κ1) is 24.3. The highest BCUT2D eigenvalue weighted by molar-refractivity contribution is 5.80. The lowest BCUT2D eigenvalue weighted by atomic mass is 9.96. The van der Waals surface area contributed by atoms with Crippen molar-refractivity contribution >= 4 is 17.9 Å². The number of likely N-dealkylation sites (tertiary alicyclic amines) is 1. The number of piperidine rings is 1. The van der Waals surface area contributed by atoms with E-state index in [1.54, 1.807) is 0 Å². The SMILES string of the molecule is CN=C(NCCCCN1CCC(C(N)=O)CC1)N1CCN(C/C=C/c2ccccc2)CC1. The number of nitrogens with two attached hydrogens (primary N) is 1. The number of rotatable bonds is 9. The van der Waals surface area contributed by atoms with Crippen LogP contribution in [0.2, 0.25) is 0 Å². The van der Waals surface area contributed by atoms with Crippen LogP contribution in [0.15, 0.2) is 41.4 Å². The smallest absolute Gasteiger partial charge is 0.220 e. The molecule has 3 N–H and O–H groups in total. The van der Waals surface area contributed by atoms with Crippen molar-refractivity contribution in [3.63, 3.8) is 0 Å². The Morgan fingerprint density at radius 3 is 2.44 bits per heavy atom. The van der Waals surface area contributed by atoms with E-state index in [1.165, 1.54) is 5.56 Å². The normalized spacial score (nSPS) is 19.5. The zero-order chi connectivity index (χ0) is 22.6. The Hall–Kier alpha value is -2.38. The van der Waals surface area contributed by atoms with Crippen LogP contribution in [0.3, 0.4) is 0 Å². The van der Waals surface area contributed by atoms with E-state index in [0.29, 0.717) is 0 Å². The number of nitrogens with zero attached hydrogens (tertiary/aromatic N) is 4. The third-order valence-corrected chi connectivity index (χ3v) is 6.53. The van der Waals surface area contributed by atoms with E-state index in [1.807, 2.05) is 13.1 Å². The predicted molar refractivity (Wildman–Crippen MR) is 132 cm³/mol. The maximum atomic E-state index is 11.3. The number of carbonyl (C=O) groups excluding carboxylic acids is 1. The van der Waals surface area contributed by atoms with Gasteiger partial charge < -0.3 is 20.9 Å². The summed E-state index contributed by atoms with van der Waals surface area (Å²) in [5.41, 5.74) is 6.68. The van der Waals surface area contributed by atoms with E-state index >= 15 is 0 Å². The average Bonchev–Trinajstić information content (AvgIpc) is 2.83. The van der Waals surface area contributed by atoms with Gasteiger partial charge in [-0.3, -0.25) is 14.7 Å². The van der Waals surface area contributed by atoms with Crippen LogP contribution < -0.4 is 11.1 Å². The van der Waals surface area contributed by atoms with Gasteiger partial charge in [-0.25, -0.2) is 0 Å². The molecule has 1 aromatic rings. The highest BCUT2D eigenvalue weighted by Crippen LogP contribution is 2.16. The number of benzene rings is 1. The molecule has 0 saturated carbocycles. The average molecular weight is 441 g/mol. The first-order valence-electron chi connectivity index (χ1n) is 12.1. The van der Waals surface area contributed by atoms with Gasteiger partial charge in [-0.2, -0.15) is 0 Å². The lowest BCUT2D eigenvalue weighted by Crippen LogP contribution is -2.52. The molecule has 0 radical (unpaired) electrons. The number of piperazine rings is 1. The molecule has 32 heavy (non-hydrogen) atoms. The molecule has 2 saturated heterocycles. The Morgan fingerprint density at radius 1 is 1.06 bits per heavy atom. The molecular weight excluding hydrogens is 400 g/mol. The second-order valence-corrected chi connectivity index (χ2v) is 8.80. The number of amides is 1. The maximum absolute atomic E-state index is 11.3. The summed E-state index contributed by atoms with van der Waals surface area (Å²) in [5.74, 6) is 0.966. The zero-order valence-corrected chi connectivity index (χ0v) is 19.6. The Balaban J connectivity index is 1.26. The fraction of sp³-hybridized carbons (Fsp3) is 0.600. The molecule has 2 heterocycles. The fourth-order valence-electron chi connectivity index (χ4n) is 4.48. The number of hydrogen-bond acceptors (Lipinski definition) is 4. The minimum Gasteiger partial charge on any atom is -0.369 e. The molecule has 3 rings (SSSR count). The maximum Gasteiger partial charge on any atom is 0.220 e. The van der Waals surface area contributed by atoms with E-state index in [-0.39, 0.29) is 11.8 Å². The molecule has 7 nitrogen and oxygen atoms in total. The number of aliphatic imine (C=N–C) groups is 1. The van der Waals surface area contributed by atoms with E-state index in [4.69, 9.17) is 5.73 Å². The highest BCUT2D eigenvalue weighted by atomic mass is 16.1. The van der Waals surface area contributed by atoms with Crippen molar-refractivity contribution in [3.05, 3.63) is 42.0 Å². The predicted octanol–water partition coefficient (Wildman–Crippen LogP) is 1.87. The van der Waals surface area contributed by atoms with Gasteiger partial charge >= 0.3 is 0 Å². The van der Waals surface area contributed by atoms with Crippen molar-refractivity contribution in [2.24, 2.45) is 16.6 Å². The molecule has 2 fully saturated rings. The molecule has 1 aromatic carbocycles. The number of guanidine groups is 1. The van der Waals surface area contributed by atoms with Crippen LogP contribution in [0.4, 0.5) is 0 Å². The lowest BCUT2D eigenvalue weighted by molar-refractivity contribution is -0.123. The summed E-state index contributed by atoms with van der Waals surface area (Å²) < 4.78 is 0. The van der Waals surface area contributed by atoms with Crippen molar-refractivity contribution in [2.45, 2.75) is 25.7 Å². The van der Waals surface area contributed by atoms with Crippen LogP contribution in [0.1, 0.15) is 31.2 Å². The summed E-state index contributed by atoms with van der Waals surface area (Å²) in [6.45, 7) is 9.15. The van der Waals surface area contributed by atoms with Crippen LogP contribution in [-0.2, 0) is 4.79 Å². The first-order valence-corrected chi connectivity index (χ1v) is 12.1. The summed E-state index contributed by atoms with van der Waals surface area (Å²) in [6.07, 6.45) is 8.57. The zero-order valence-electron chi connectivity index (χ0n) is 19.6. The summed E-state index contributed by atoms with van der Waals surface area (Å²) >= 11 is 0. The molecule has 2 aliphatic rings. The molecule has 176 valence electrons. The largest absolute Gasteiger partial charge is 0.369 e. The number of primary amides is 1. The van der Waals surface area contributed by atoms with Crippen molar-refractivity contribution < 1.29 is 4.79 Å². The summed E-state index contributed by atoms with van der Waals surface area (Å²) in [6, 6.07) is 10.5. The Morgan fingerprint density at radius 2 is 1.78 bits per heavy atom. The van der Waals surface area contributed by atoms with Crippen LogP contribution in [-0.4, -0.2) is 92.5 Å². The van der Waals surface area contributed by atoms with Gasteiger partial charge in [-0.15, -0.1) is 0 Å². The number of nitrogens with one attached hydrogen (secondary N) is 1. The quantitative estimate of drug-likeness (QED) is 0.348. The molecule has 0 aliphatic carbocycles. The van der Waals surface area contributed by atoms with Gasteiger partial charge in [0.1, 0.15) is 0 Å². The molecule has 1 amide bonds. The molecule has 0 spiro atoms. The van der Waals surface area contributed by atoms with E-state index in [9.17, 15) is 4.79 Å². The Kier molecular flexibility index (Phi) is 10.0. The van der Waals surface area contributed by atoms with Crippen molar-refractivity contribution in [3.8, 4) is 0 Å². The Labute approximate surface area is 193 Å². The summed E-state index contributed by atoms with van der Waals surface area (Å²) in [5, 5.41) is 3.54. The Bertz CT molecular complexity index is 734. The molecule has 7 heteroatoms. The minimum absolute atomic E-state index is 0.0802. The lowest BCUT2D eigenvalue weighted by Gasteiger charge is -2.36. The van der Waals surface area contributed by atoms with Crippen LogP contribution >= 0.6 is 0 Å². The van der Waals surface area contributed by atoms with Gasteiger partial charge in [0.25, 0.3) is 0 Å². The third-order valence-electron chi connectivity index (χ3n) is 6.53. The van der Waals surface area contributed by atoms with Crippen molar-refractivity contribution in [2.75, 3.05) is 66.0 Å². The first-order chi connectivity index (χ1) is 15.7. The number of carbonyl (C=O) groups is 1. The van der Waals surface area contributed by atoms with Gasteiger partial charge in [0.05, 0.1) is 0 Å². The second-order valence-electron chi connectivity index (χ2n) is 8.80. The number of hydrogen-bond donors (Lipinski definition) is 2. The van der Waals surface area contributed by atoms with E-state index < -0.39 is 0 Å². The summed E-state index contributed by atoms with van der Waals surface area (Å²) in [7, 11) is 1.88. The molecule has 0 atom stereocenters. The fourth-order valence-corrected chi connectivity index (χ4v) is 4.48. The number of unbranched alkanes of at least 4 members (excludes halogenated alkanes) is 1. The van der Waals surface area contributed by atoms with Gasteiger partial charge in [-0.05, 0) is 50.9 Å². The molecular formula is C25H40N6O. The van der Waals surface area contributed by atoms with Crippen molar-refractivity contribution in [1.29, 1.82) is 0 Å². The molecule has 0 bridgehead atoms.